The molecular formula is C69H112O12. The number of unbranched alkanes of at least 4 members (excludes halogenated alkanes) is 21. The third-order valence-corrected chi connectivity index (χ3v) is 13.8. The molecule has 0 aromatic heterocycles. The van der Waals surface area contributed by atoms with E-state index in [1.807, 2.05) is 12.2 Å². The minimum atomic E-state index is -1.92. The Morgan fingerprint density at radius 3 is 1.30 bits per heavy atom. The molecule has 1 fully saturated rings. The number of aliphatic hydroxyl groups is 2. The number of rotatable bonds is 53. The van der Waals surface area contributed by atoms with Gasteiger partial charge in [-0.3, -0.25) is 14.4 Å². The molecule has 12 nitrogen and oxygen atoms in total. The lowest BCUT2D eigenvalue weighted by Gasteiger charge is -2.40. The van der Waals surface area contributed by atoms with Crippen LogP contribution in [0.1, 0.15) is 252 Å². The summed E-state index contributed by atoms with van der Waals surface area (Å²) in [7, 11) is 0. The Kier molecular flexibility index (Phi) is 51.3. The summed E-state index contributed by atoms with van der Waals surface area (Å²) >= 11 is 0. The van der Waals surface area contributed by atoms with Crippen molar-refractivity contribution >= 4 is 23.9 Å². The number of hydrogen-bond acceptors (Lipinski definition) is 11. The minimum absolute atomic E-state index is 0.0452. The molecule has 0 radical (unpaired) electrons. The van der Waals surface area contributed by atoms with Crippen molar-refractivity contribution in [2.45, 2.75) is 289 Å². The quantitative estimate of drug-likeness (QED) is 0.0228. The highest BCUT2D eigenvalue weighted by atomic mass is 16.7. The SMILES string of the molecule is CC/C=C\C/C=C\C/C=C\C/C=C\C/C=C\C/C=C\CCC(=O)OCC(COC1OC(C(=O)O)C(O)C(O)C1OC(=O)CCCCCCCCCCC/C=C\CCCCCCCC)OC(=O)CCCCCCC/C=C\C/C=C\CCC. The van der Waals surface area contributed by atoms with Gasteiger partial charge < -0.3 is 39.0 Å². The van der Waals surface area contributed by atoms with Crippen LogP contribution in [-0.2, 0) is 42.9 Å². The van der Waals surface area contributed by atoms with E-state index >= 15 is 0 Å². The zero-order valence-electron chi connectivity index (χ0n) is 50.7. The molecule has 0 bridgehead atoms. The third-order valence-electron chi connectivity index (χ3n) is 13.8. The smallest absolute Gasteiger partial charge is 0.335 e. The van der Waals surface area contributed by atoms with Gasteiger partial charge in [0.2, 0.25) is 0 Å². The number of ether oxygens (including phenoxy) is 5. The first-order valence-electron chi connectivity index (χ1n) is 31.9. The highest BCUT2D eigenvalue weighted by molar-refractivity contribution is 5.74. The summed E-state index contributed by atoms with van der Waals surface area (Å²) in [6.07, 6.45) is 63.5. The van der Waals surface area contributed by atoms with Crippen LogP contribution in [0.5, 0.6) is 0 Å². The lowest BCUT2D eigenvalue weighted by Crippen LogP contribution is -2.61. The number of aliphatic carboxylic acids is 1. The number of allylic oxidation sites excluding steroid dienone is 18. The molecule has 3 N–H and O–H groups in total. The van der Waals surface area contributed by atoms with Crippen molar-refractivity contribution < 1.29 is 58.2 Å². The lowest BCUT2D eigenvalue weighted by atomic mass is 9.98. The standard InChI is InChI=1S/C69H112O12/c1-4-7-10-13-16-19-22-25-27-29-31-33-35-38-40-43-46-49-52-55-61(70)77-58-60(79-62(71)56-53-50-47-44-41-37-24-21-18-15-12-9-6-3)59-78-69-67(65(74)64(73)66(81-69)68(75)76)80-63(72)57-54-51-48-45-42-39-36-34-32-30-28-26-23-20-17-14-11-8-5-2/h7,10,12,15-16,19,21,24-28,31,33,38,40,46,49,60,64-67,69,73-74H,4-6,8-9,11,13-14,17-18,20,22-23,29-30,32,34-37,39,41-45,47-48,50-59H2,1-3H3,(H,75,76)/b10-7-,15-12-,19-16-,24-21-,27-25-,28-26-,33-31-,40-38-,49-46-. The molecule has 1 rings (SSSR count). The molecule has 0 aliphatic carbocycles. The second-order valence-corrected chi connectivity index (χ2v) is 21.3. The average molecular weight is 1130 g/mol. The Balaban J connectivity index is 2.70. The van der Waals surface area contributed by atoms with Crippen molar-refractivity contribution in [1.29, 1.82) is 0 Å². The van der Waals surface area contributed by atoms with Gasteiger partial charge in [0, 0.05) is 19.3 Å². The Hall–Kier alpha value is -4.62. The van der Waals surface area contributed by atoms with Gasteiger partial charge in [0.1, 0.15) is 18.8 Å². The normalized spacial score (nSPS) is 18.5. The Bertz CT molecular complexity index is 1820. The van der Waals surface area contributed by atoms with Gasteiger partial charge in [0.25, 0.3) is 0 Å². The van der Waals surface area contributed by atoms with Crippen LogP contribution in [0.2, 0.25) is 0 Å². The summed E-state index contributed by atoms with van der Waals surface area (Å²) in [5, 5.41) is 31.6. The van der Waals surface area contributed by atoms with E-state index in [-0.39, 0.29) is 25.9 Å². The van der Waals surface area contributed by atoms with Crippen LogP contribution in [0.4, 0.5) is 0 Å². The van der Waals surface area contributed by atoms with E-state index in [0.29, 0.717) is 19.3 Å². The minimum Gasteiger partial charge on any atom is -0.479 e. The number of carbonyl (C=O) groups excluding carboxylic acids is 3. The van der Waals surface area contributed by atoms with Crippen LogP contribution in [0.3, 0.4) is 0 Å². The molecule has 0 saturated carbocycles. The summed E-state index contributed by atoms with van der Waals surface area (Å²) in [5.74, 6) is -3.26. The largest absolute Gasteiger partial charge is 0.479 e. The molecule has 1 saturated heterocycles. The first-order valence-corrected chi connectivity index (χ1v) is 31.9. The van der Waals surface area contributed by atoms with Gasteiger partial charge in [-0.1, -0.05) is 233 Å². The van der Waals surface area contributed by atoms with Gasteiger partial charge in [0.05, 0.1) is 6.61 Å². The van der Waals surface area contributed by atoms with Crippen molar-refractivity contribution in [2.24, 2.45) is 0 Å². The highest BCUT2D eigenvalue weighted by Crippen LogP contribution is 2.26. The van der Waals surface area contributed by atoms with Crippen LogP contribution >= 0.6 is 0 Å². The maximum atomic E-state index is 13.2. The van der Waals surface area contributed by atoms with Gasteiger partial charge >= 0.3 is 23.9 Å². The number of esters is 3. The molecule has 81 heavy (non-hydrogen) atoms. The van der Waals surface area contributed by atoms with Gasteiger partial charge in [-0.25, -0.2) is 4.79 Å². The second-order valence-electron chi connectivity index (χ2n) is 21.3. The fourth-order valence-electron chi connectivity index (χ4n) is 8.96. The third kappa shape index (κ3) is 45.6. The number of carboxylic acids is 1. The van der Waals surface area contributed by atoms with Crippen molar-refractivity contribution in [3.63, 3.8) is 0 Å². The highest BCUT2D eigenvalue weighted by Gasteiger charge is 2.50. The van der Waals surface area contributed by atoms with Crippen molar-refractivity contribution in [1.82, 2.24) is 0 Å². The van der Waals surface area contributed by atoms with E-state index in [1.165, 1.54) is 70.6 Å². The summed E-state index contributed by atoms with van der Waals surface area (Å²) in [6.45, 7) is 5.74. The second kappa shape index (κ2) is 55.9. The van der Waals surface area contributed by atoms with Gasteiger partial charge in [-0.15, -0.1) is 0 Å². The molecule has 0 aromatic carbocycles. The first kappa shape index (κ1) is 74.4. The number of carboxylic acid groups (broad SMARTS) is 1. The topological polar surface area (TPSA) is 175 Å². The Morgan fingerprint density at radius 1 is 0.420 bits per heavy atom. The van der Waals surface area contributed by atoms with Crippen LogP contribution < -0.4 is 0 Å². The van der Waals surface area contributed by atoms with Crippen LogP contribution in [-0.4, -0.2) is 89.2 Å². The van der Waals surface area contributed by atoms with Crippen molar-refractivity contribution in [3.8, 4) is 0 Å². The predicted octanol–water partition coefficient (Wildman–Crippen LogP) is 17.0. The molecule has 1 heterocycles. The summed E-state index contributed by atoms with van der Waals surface area (Å²) in [4.78, 5) is 51.2. The fraction of sp³-hybridized carbons (Fsp3) is 0.681. The summed E-state index contributed by atoms with van der Waals surface area (Å²) < 4.78 is 28.4. The molecular weight excluding hydrogens is 1020 g/mol. The van der Waals surface area contributed by atoms with Gasteiger partial charge in [0.15, 0.2) is 24.6 Å². The molecule has 460 valence electrons. The zero-order chi connectivity index (χ0) is 58.9. The molecule has 0 amide bonds. The van der Waals surface area contributed by atoms with E-state index in [4.69, 9.17) is 23.7 Å². The zero-order valence-corrected chi connectivity index (χ0v) is 50.7. The number of carbonyl (C=O) groups is 4. The van der Waals surface area contributed by atoms with Gasteiger partial charge in [-0.05, 0) is 109 Å². The summed E-state index contributed by atoms with van der Waals surface area (Å²) in [6, 6.07) is 0. The molecule has 12 heteroatoms. The van der Waals surface area contributed by atoms with Crippen LogP contribution in [0, 0.1) is 0 Å². The van der Waals surface area contributed by atoms with Crippen LogP contribution in [0.15, 0.2) is 109 Å². The molecule has 0 spiro atoms. The molecule has 6 atom stereocenters. The van der Waals surface area contributed by atoms with E-state index < -0.39 is 67.3 Å². The molecule has 0 aromatic rings. The maximum Gasteiger partial charge on any atom is 0.335 e. The first-order chi connectivity index (χ1) is 39.6. The fourth-order valence-corrected chi connectivity index (χ4v) is 8.96. The van der Waals surface area contributed by atoms with E-state index in [1.54, 1.807) is 0 Å². The number of hydrogen-bond donors (Lipinski definition) is 3. The van der Waals surface area contributed by atoms with Crippen molar-refractivity contribution in [3.05, 3.63) is 109 Å². The Morgan fingerprint density at radius 2 is 0.827 bits per heavy atom. The molecule has 1 aliphatic rings. The Labute approximate surface area is 491 Å². The molecule has 6 unspecified atom stereocenters. The van der Waals surface area contributed by atoms with E-state index in [9.17, 15) is 34.5 Å². The average Bonchev–Trinajstić information content (AvgIpc) is 3.45. The predicted molar refractivity (Wildman–Crippen MR) is 330 cm³/mol. The lowest BCUT2D eigenvalue weighted by molar-refractivity contribution is -0.301. The van der Waals surface area contributed by atoms with Crippen LogP contribution in [0.25, 0.3) is 0 Å². The molecule has 1 aliphatic heterocycles. The van der Waals surface area contributed by atoms with E-state index in [2.05, 4.69) is 118 Å². The monoisotopic (exact) mass is 1130 g/mol. The number of aliphatic hydroxyl groups excluding tert-OH is 2. The maximum absolute atomic E-state index is 13.2. The summed E-state index contributed by atoms with van der Waals surface area (Å²) in [5.41, 5.74) is 0. The van der Waals surface area contributed by atoms with Crippen molar-refractivity contribution in [2.75, 3.05) is 13.2 Å². The van der Waals surface area contributed by atoms with Gasteiger partial charge in [-0.2, -0.15) is 0 Å². The van der Waals surface area contributed by atoms with E-state index in [0.717, 1.165) is 122 Å².